The minimum absolute atomic E-state index is 0.214. The normalized spacial score (nSPS) is 8.73. The Morgan fingerprint density at radius 1 is 1.36 bits per heavy atom. The van der Waals surface area contributed by atoms with Crippen LogP contribution >= 0.6 is 0 Å². The lowest BCUT2D eigenvalue weighted by molar-refractivity contribution is 0.260. The highest BCUT2D eigenvalue weighted by Gasteiger charge is 1.89. The zero-order valence-corrected chi connectivity index (χ0v) is 5.87. The van der Waals surface area contributed by atoms with E-state index in [-0.39, 0.29) is 5.96 Å². The van der Waals surface area contributed by atoms with Crippen molar-refractivity contribution in [3.05, 3.63) is 30.3 Å². The molecular weight excluding hydrogens is 142 g/mol. The molecule has 1 aromatic rings. The quantitative estimate of drug-likeness (QED) is 0.327. The maximum absolute atomic E-state index is 6.79. The molecule has 0 aliphatic heterocycles. The first-order chi connectivity index (χ1) is 5.29. The first-order valence-electron chi connectivity index (χ1n) is 3.11. The molecule has 0 aromatic heterocycles. The molecule has 1 aromatic carbocycles. The summed E-state index contributed by atoms with van der Waals surface area (Å²) in [7, 11) is 0. The zero-order valence-electron chi connectivity index (χ0n) is 5.87. The Bertz CT molecular complexity index is 235. The van der Waals surface area contributed by atoms with Crippen molar-refractivity contribution in [2.45, 2.75) is 0 Å². The summed E-state index contributed by atoms with van der Waals surface area (Å²) in [6.07, 6.45) is 0. The molecule has 1 rings (SSSR count). The first-order valence-corrected chi connectivity index (χ1v) is 3.11. The fraction of sp³-hybridized carbons (Fsp3) is 0. The highest BCUT2D eigenvalue weighted by molar-refractivity contribution is 5.73. The minimum atomic E-state index is -0.214. The zero-order chi connectivity index (χ0) is 8.10. The van der Waals surface area contributed by atoms with Crippen molar-refractivity contribution in [3.8, 4) is 5.75 Å². The number of guanidine groups is 1. The van der Waals surface area contributed by atoms with E-state index in [4.69, 9.17) is 16.0 Å². The summed E-state index contributed by atoms with van der Waals surface area (Å²) in [5.41, 5.74) is 7.21. The van der Waals surface area contributed by atoms with E-state index in [1.165, 1.54) is 0 Å². The van der Waals surface area contributed by atoms with Gasteiger partial charge in [-0.25, -0.2) is 0 Å². The van der Waals surface area contributed by atoms with Gasteiger partial charge in [0.1, 0.15) is 0 Å². The van der Waals surface area contributed by atoms with Gasteiger partial charge in [0.05, 0.1) is 0 Å². The summed E-state index contributed by atoms with van der Waals surface area (Å²) >= 11 is 0. The van der Waals surface area contributed by atoms with Gasteiger partial charge in [-0.15, -0.1) is 0 Å². The molecule has 0 atom stereocenters. The Morgan fingerprint density at radius 3 is 2.55 bits per heavy atom. The standard InChI is InChI=1S/C7H9N3O/c8-7(9)10-11-6-4-2-1-3-5-6/h1-5H,(H4,8,9,10). The van der Waals surface area contributed by atoms with Gasteiger partial charge in [-0.1, -0.05) is 18.2 Å². The average molecular weight is 151 g/mol. The highest BCUT2D eigenvalue weighted by atomic mass is 16.6. The molecule has 0 spiro atoms. The van der Waals surface area contributed by atoms with E-state index in [0.717, 1.165) is 0 Å². The van der Waals surface area contributed by atoms with Crippen molar-refractivity contribution in [3.63, 3.8) is 0 Å². The van der Waals surface area contributed by atoms with Gasteiger partial charge in [0.15, 0.2) is 5.75 Å². The van der Waals surface area contributed by atoms with E-state index in [0.29, 0.717) is 5.75 Å². The van der Waals surface area contributed by atoms with E-state index in [9.17, 15) is 0 Å². The molecule has 0 amide bonds. The van der Waals surface area contributed by atoms with Gasteiger partial charge in [-0.05, 0) is 12.1 Å². The number of nitrogens with one attached hydrogen (secondary N) is 2. The van der Waals surface area contributed by atoms with Gasteiger partial charge in [0.25, 0.3) is 0 Å². The summed E-state index contributed by atoms with van der Waals surface area (Å²) < 4.78 is 0. The monoisotopic (exact) mass is 151 g/mol. The van der Waals surface area contributed by atoms with Gasteiger partial charge >= 0.3 is 0 Å². The molecule has 0 saturated carbocycles. The lowest BCUT2D eigenvalue weighted by atomic mass is 10.3. The van der Waals surface area contributed by atoms with E-state index in [1.54, 1.807) is 12.1 Å². The molecule has 0 radical (unpaired) electrons. The number of benzene rings is 1. The molecule has 0 fully saturated rings. The average Bonchev–Trinajstić information content (AvgIpc) is 2.03. The molecule has 0 unspecified atom stereocenters. The fourth-order valence-electron chi connectivity index (χ4n) is 0.602. The smallest absolute Gasteiger partial charge is 0.219 e. The van der Waals surface area contributed by atoms with Crippen LogP contribution in [0.1, 0.15) is 0 Å². The summed E-state index contributed by atoms with van der Waals surface area (Å²) in [6.45, 7) is 0. The lowest BCUT2D eigenvalue weighted by Crippen LogP contribution is -2.32. The van der Waals surface area contributed by atoms with E-state index >= 15 is 0 Å². The number of para-hydroxylation sites is 1. The molecule has 4 N–H and O–H groups in total. The van der Waals surface area contributed by atoms with Crippen molar-refractivity contribution < 1.29 is 4.84 Å². The summed E-state index contributed by atoms with van der Waals surface area (Å²) in [4.78, 5) is 4.87. The Hall–Kier alpha value is -1.71. The predicted molar refractivity (Wildman–Crippen MR) is 42.1 cm³/mol. The fourth-order valence-corrected chi connectivity index (χ4v) is 0.602. The van der Waals surface area contributed by atoms with Crippen LogP contribution in [-0.4, -0.2) is 5.96 Å². The van der Waals surface area contributed by atoms with Gasteiger partial charge in [-0.2, -0.15) is 5.48 Å². The largest absolute Gasteiger partial charge is 0.379 e. The maximum atomic E-state index is 6.79. The van der Waals surface area contributed by atoms with Gasteiger partial charge in [0, 0.05) is 0 Å². The number of hydrogen-bond acceptors (Lipinski definition) is 2. The highest BCUT2D eigenvalue weighted by Crippen LogP contribution is 2.05. The van der Waals surface area contributed by atoms with E-state index < -0.39 is 0 Å². The predicted octanol–water partition coefficient (Wildman–Crippen LogP) is 0.463. The summed E-state index contributed by atoms with van der Waals surface area (Å²) in [6, 6.07) is 9.06. The molecule has 0 saturated heterocycles. The first kappa shape index (κ1) is 7.40. The SMILES string of the molecule is N=C(N)NOc1ccccc1. The lowest BCUT2D eigenvalue weighted by Gasteiger charge is -2.04. The number of hydroxylamine groups is 1. The minimum Gasteiger partial charge on any atom is -0.379 e. The summed E-state index contributed by atoms with van der Waals surface area (Å²) in [5.74, 6) is 0.413. The Kier molecular flexibility index (Phi) is 2.32. The van der Waals surface area contributed by atoms with Crippen LogP contribution < -0.4 is 16.1 Å². The number of nitrogens with two attached hydrogens (primary N) is 1. The van der Waals surface area contributed by atoms with Crippen LogP contribution in [0.2, 0.25) is 0 Å². The van der Waals surface area contributed by atoms with Crippen molar-refractivity contribution in [1.82, 2.24) is 5.48 Å². The molecule has 0 heterocycles. The third kappa shape index (κ3) is 2.57. The van der Waals surface area contributed by atoms with Crippen molar-refractivity contribution in [2.75, 3.05) is 0 Å². The number of hydrogen-bond donors (Lipinski definition) is 3. The molecule has 0 bridgehead atoms. The van der Waals surface area contributed by atoms with E-state index in [2.05, 4.69) is 5.48 Å². The van der Waals surface area contributed by atoms with Crippen molar-refractivity contribution in [2.24, 2.45) is 5.73 Å². The van der Waals surface area contributed by atoms with Crippen LogP contribution in [0, 0.1) is 5.41 Å². The molecule has 0 aliphatic carbocycles. The molecule has 4 heteroatoms. The van der Waals surface area contributed by atoms with Crippen molar-refractivity contribution in [1.29, 1.82) is 5.41 Å². The maximum Gasteiger partial charge on any atom is 0.219 e. The van der Waals surface area contributed by atoms with Crippen LogP contribution in [0.15, 0.2) is 30.3 Å². The summed E-state index contributed by atoms with van der Waals surface area (Å²) in [5, 5.41) is 6.79. The van der Waals surface area contributed by atoms with Gasteiger partial charge in [0.2, 0.25) is 5.96 Å². The van der Waals surface area contributed by atoms with Crippen LogP contribution in [0.4, 0.5) is 0 Å². The number of rotatable bonds is 2. The Balaban J connectivity index is 2.45. The third-order valence-electron chi connectivity index (χ3n) is 1.02. The van der Waals surface area contributed by atoms with Gasteiger partial charge < -0.3 is 10.6 Å². The van der Waals surface area contributed by atoms with Gasteiger partial charge in [-0.3, -0.25) is 5.41 Å². The van der Waals surface area contributed by atoms with Crippen LogP contribution in [0.25, 0.3) is 0 Å². The van der Waals surface area contributed by atoms with Crippen molar-refractivity contribution >= 4 is 5.96 Å². The molecule has 58 valence electrons. The second-order valence-corrected chi connectivity index (χ2v) is 1.93. The topological polar surface area (TPSA) is 71.1 Å². The second-order valence-electron chi connectivity index (χ2n) is 1.93. The Morgan fingerprint density at radius 2 is 2.00 bits per heavy atom. The van der Waals surface area contributed by atoms with E-state index in [1.807, 2.05) is 18.2 Å². The Labute approximate surface area is 64.4 Å². The second kappa shape index (κ2) is 3.46. The molecule has 4 nitrogen and oxygen atoms in total. The third-order valence-corrected chi connectivity index (χ3v) is 1.02. The molecule has 11 heavy (non-hydrogen) atoms. The van der Waals surface area contributed by atoms with Crippen LogP contribution in [0.3, 0.4) is 0 Å². The molecular formula is C7H9N3O. The molecule has 0 aliphatic rings. The van der Waals surface area contributed by atoms with Crippen LogP contribution in [0.5, 0.6) is 5.75 Å². The van der Waals surface area contributed by atoms with Crippen LogP contribution in [-0.2, 0) is 0 Å².